The van der Waals surface area contributed by atoms with Gasteiger partial charge in [-0.1, -0.05) is 38.8 Å². The molecule has 1 aliphatic carbocycles. The number of aryl methyl sites for hydroxylation is 1. The predicted octanol–water partition coefficient (Wildman–Crippen LogP) is 5.13. The Morgan fingerprint density at radius 2 is 1.81 bits per heavy atom. The lowest BCUT2D eigenvalue weighted by atomic mass is 10.0. The first-order chi connectivity index (χ1) is 13.0. The molecule has 3 aromatic rings. The Bertz CT molecular complexity index is 963. The number of nitrogens with one attached hydrogen (secondary N) is 1. The Hall–Kier alpha value is -2.62. The fourth-order valence-corrected chi connectivity index (χ4v) is 4.02. The van der Waals surface area contributed by atoms with Crippen LogP contribution < -0.4 is 5.32 Å². The molecule has 0 atom stereocenters. The number of imidazole rings is 1. The summed E-state index contributed by atoms with van der Waals surface area (Å²) >= 11 is 0. The molecule has 2 aromatic carbocycles. The van der Waals surface area contributed by atoms with Gasteiger partial charge in [0.2, 0.25) is 0 Å². The summed E-state index contributed by atoms with van der Waals surface area (Å²) in [5.41, 5.74) is 5.00. The summed E-state index contributed by atoms with van der Waals surface area (Å²) in [5, 5.41) is 3.16. The van der Waals surface area contributed by atoms with Gasteiger partial charge in [0, 0.05) is 17.3 Å². The molecule has 4 heteroatoms. The number of hydrogen-bond acceptors (Lipinski definition) is 2. The molecule has 1 heterocycles. The van der Waals surface area contributed by atoms with E-state index in [0.29, 0.717) is 17.5 Å². The van der Waals surface area contributed by atoms with Crippen LogP contribution in [-0.4, -0.2) is 21.5 Å². The molecular formula is C23H27N3O. The molecule has 1 amide bonds. The second kappa shape index (κ2) is 7.18. The Morgan fingerprint density at radius 1 is 1.11 bits per heavy atom. The molecule has 1 fully saturated rings. The van der Waals surface area contributed by atoms with E-state index in [9.17, 15) is 4.79 Å². The number of amides is 1. The van der Waals surface area contributed by atoms with E-state index in [1.165, 1.54) is 18.4 Å². The molecule has 4 nitrogen and oxygen atoms in total. The number of nitrogens with zero attached hydrogens (tertiary/aromatic N) is 2. The molecule has 4 rings (SSSR count). The third kappa shape index (κ3) is 3.48. The van der Waals surface area contributed by atoms with Crippen LogP contribution in [0, 0.1) is 6.92 Å². The van der Waals surface area contributed by atoms with Gasteiger partial charge in [0.1, 0.15) is 5.82 Å². The minimum absolute atomic E-state index is 0.0114. The number of aromatic nitrogens is 2. The SMILES string of the molecule is Cc1nc2cc(C(=O)NC3CCCC3)ccc2n1-c1ccc(C(C)C)cc1. The van der Waals surface area contributed by atoms with Crippen LogP contribution in [0.1, 0.15) is 67.2 Å². The number of benzene rings is 2. The first kappa shape index (κ1) is 17.8. The third-order valence-electron chi connectivity index (χ3n) is 5.59. The lowest BCUT2D eigenvalue weighted by Crippen LogP contribution is -2.32. The maximum Gasteiger partial charge on any atom is 0.251 e. The Labute approximate surface area is 160 Å². The topological polar surface area (TPSA) is 46.9 Å². The lowest BCUT2D eigenvalue weighted by molar-refractivity contribution is 0.0938. The van der Waals surface area contributed by atoms with Crippen molar-refractivity contribution in [3.05, 3.63) is 59.4 Å². The molecule has 1 aromatic heterocycles. The standard InChI is InChI=1S/C23H27N3O/c1-15(2)17-8-11-20(12-9-17)26-16(3)24-21-14-18(10-13-22(21)26)23(27)25-19-6-4-5-7-19/h8-15,19H,4-7H2,1-3H3,(H,25,27). The molecule has 0 unspecified atom stereocenters. The van der Waals surface area contributed by atoms with Crippen molar-refractivity contribution < 1.29 is 4.79 Å². The van der Waals surface area contributed by atoms with E-state index in [-0.39, 0.29) is 5.91 Å². The molecule has 140 valence electrons. The Kier molecular flexibility index (Phi) is 4.73. The van der Waals surface area contributed by atoms with Crippen molar-refractivity contribution in [2.75, 3.05) is 0 Å². The largest absolute Gasteiger partial charge is 0.349 e. The maximum atomic E-state index is 12.6. The molecule has 27 heavy (non-hydrogen) atoms. The Morgan fingerprint density at radius 3 is 2.48 bits per heavy atom. The number of carbonyl (C=O) groups is 1. The Balaban J connectivity index is 1.65. The fourth-order valence-electron chi connectivity index (χ4n) is 4.02. The van der Waals surface area contributed by atoms with E-state index < -0.39 is 0 Å². The van der Waals surface area contributed by atoms with Gasteiger partial charge < -0.3 is 5.32 Å². The van der Waals surface area contributed by atoms with Crippen molar-refractivity contribution in [2.45, 2.75) is 58.4 Å². The van der Waals surface area contributed by atoms with Gasteiger partial charge in [0.15, 0.2) is 0 Å². The highest BCUT2D eigenvalue weighted by Crippen LogP contribution is 2.25. The van der Waals surface area contributed by atoms with Crippen LogP contribution in [0.15, 0.2) is 42.5 Å². The summed E-state index contributed by atoms with van der Waals surface area (Å²) in [7, 11) is 0. The van der Waals surface area contributed by atoms with Gasteiger partial charge in [-0.05, 0) is 61.6 Å². The van der Waals surface area contributed by atoms with Crippen LogP contribution in [0.3, 0.4) is 0 Å². The van der Waals surface area contributed by atoms with Crippen LogP contribution >= 0.6 is 0 Å². The van der Waals surface area contributed by atoms with Crippen LogP contribution in [0.25, 0.3) is 16.7 Å². The molecule has 0 radical (unpaired) electrons. The normalized spacial score (nSPS) is 15.0. The predicted molar refractivity (Wildman–Crippen MR) is 110 cm³/mol. The van der Waals surface area contributed by atoms with Crippen molar-refractivity contribution in [3.63, 3.8) is 0 Å². The molecule has 0 spiro atoms. The van der Waals surface area contributed by atoms with Gasteiger partial charge in [-0.15, -0.1) is 0 Å². The second-order valence-corrected chi connectivity index (χ2v) is 7.90. The van der Waals surface area contributed by atoms with E-state index in [1.807, 2.05) is 25.1 Å². The van der Waals surface area contributed by atoms with Crippen LogP contribution in [0.2, 0.25) is 0 Å². The summed E-state index contributed by atoms with van der Waals surface area (Å²) in [4.78, 5) is 17.3. The van der Waals surface area contributed by atoms with Crippen molar-refractivity contribution in [3.8, 4) is 5.69 Å². The molecule has 0 aliphatic heterocycles. The quantitative estimate of drug-likeness (QED) is 0.700. The minimum atomic E-state index is 0.0114. The summed E-state index contributed by atoms with van der Waals surface area (Å²) in [6.07, 6.45) is 4.61. The van der Waals surface area contributed by atoms with E-state index >= 15 is 0 Å². The number of hydrogen-bond donors (Lipinski definition) is 1. The zero-order chi connectivity index (χ0) is 19.0. The smallest absolute Gasteiger partial charge is 0.251 e. The van der Waals surface area contributed by atoms with Gasteiger partial charge in [-0.3, -0.25) is 9.36 Å². The molecular weight excluding hydrogens is 334 g/mol. The van der Waals surface area contributed by atoms with E-state index in [2.05, 4.69) is 48.0 Å². The summed E-state index contributed by atoms with van der Waals surface area (Å²) < 4.78 is 2.15. The van der Waals surface area contributed by atoms with E-state index in [1.54, 1.807) is 0 Å². The lowest BCUT2D eigenvalue weighted by Gasteiger charge is -2.12. The minimum Gasteiger partial charge on any atom is -0.349 e. The van der Waals surface area contributed by atoms with Gasteiger partial charge in [0.25, 0.3) is 5.91 Å². The van der Waals surface area contributed by atoms with Gasteiger partial charge in [-0.2, -0.15) is 0 Å². The highest BCUT2D eigenvalue weighted by atomic mass is 16.1. The van der Waals surface area contributed by atoms with Crippen molar-refractivity contribution in [1.29, 1.82) is 0 Å². The summed E-state index contributed by atoms with van der Waals surface area (Å²) in [6.45, 7) is 6.41. The van der Waals surface area contributed by atoms with Crippen molar-refractivity contribution in [2.24, 2.45) is 0 Å². The van der Waals surface area contributed by atoms with E-state index in [4.69, 9.17) is 4.98 Å². The first-order valence-electron chi connectivity index (χ1n) is 9.93. The van der Waals surface area contributed by atoms with Crippen LogP contribution in [0.4, 0.5) is 0 Å². The average molecular weight is 361 g/mol. The number of rotatable bonds is 4. The third-order valence-corrected chi connectivity index (χ3v) is 5.59. The zero-order valence-electron chi connectivity index (χ0n) is 16.3. The number of carbonyl (C=O) groups excluding carboxylic acids is 1. The van der Waals surface area contributed by atoms with Crippen molar-refractivity contribution >= 4 is 16.9 Å². The summed E-state index contributed by atoms with van der Waals surface area (Å²) in [6, 6.07) is 14.8. The van der Waals surface area contributed by atoms with Gasteiger partial charge >= 0.3 is 0 Å². The molecule has 1 aliphatic rings. The molecule has 0 saturated heterocycles. The zero-order valence-corrected chi connectivity index (χ0v) is 16.3. The summed E-state index contributed by atoms with van der Waals surface area (Å²) in [5.74, 6) is 1.45. The monoisotopic (exact) mass is 361 g/mol. The highest BCUT2D eigenvalue weighted by Gasteiger charge is 2.19. The van der Waals surface area contributed by atoms with Crippen LogP contribution in [-0.2, 0) is 0 Å². The van der Waals surface area contributed by atoms with Gasteiger partial charge in [0.05, 0.1) is 11.0 Å². The fraction of sp³-hybridized carbons (Fsp3) is 0.391. The highest BCUT2D eigenvalue weighted by molar-refractivity contribution is 5.97. The number of fused-ring (bicyclic) bond motifs is 1. The second-order valence-electron chi connectivity index (χ2n) is 7.90. The average Bonchev–Trinajstić information content (AvgIpc) is 3.27. The van der Waals surface area contributed by atoms with Crippen LogP contribution in [0.5, 0.6) is 0 Å². The molecule has 1 saturated carbocycles. The van der Waals surface area contributed by atoms with Crippen molar-refractivity contribution in [1.82, 2.24) is 14.9 Å². The molecule has 0 bridgehead atoms. The van der Waals surface area contributed by atoms with E-state index in [0.717, 1.165) is 35.4 Å². The molecule has 1 N–H and O–H groups in total. The van der Waals surface area contributed by atoms with Gasteiger partial charge in [-0.25, -0.2) is 4.98 Å². The maximum absolute atomic E-state index is 12.6. The first-order valence-corrected chi connectivity index (χ1v) is 9.93.